The Morgan fingerprint density at radius 1 is 0.821 bits per heavy atom. The van der Waals surface area contributed by atoms with Crippen LogP contribution in [0.1, 0.15) is 5.56 Å². The third-order valence-electron chi connectivity index (χ3n) is 6.36. The lowest BCUT2D eigenvalue weighted by Gasteiger charge is -2.13. The van der Waals surface area contributed by atoms with Gasteiger partial charge in [-0.3, -0.25) is 0 Å². The van der Waals surface area contributed by atoms with Crippen molar-refractivity contribution in [3.05, 3.63) is 72.6 Å². The molecule has 0 atom stereocenters. The maximum atomic E-state index is 5.84. The number of benzene rings is 3. The molecule has 0 saturated heterocycles. The van der Waals surface area contributed by atoms with Gasteiger partial charge in [-0.1, -0.05) is 30.3 Å². The van der Waals surface area contributed by atoms with Crippen LogP contribution in [0, 0.1) is 6.92 Å². The minimum atomic E-state index is 0.935. The monoisotopic (exact) mass is 361 g/mol. The summed E-state index contributed by atoms with van der Waals surface area (Å²) < 4.78 is 10.5. The van der Waals surface area contributed by atoms with E-state index in [-0.39, 0.29) is 0 Å². The molecule has 0 bridgehead atoms. The molecule has 4 aromatic heterocycles. The van der Waals surface area contributed by atoms with Crippen LogP contribution < -0.4 is 4.57 Å². The normalized spacial score (nSPS) is 12.6. The Hall–Kier alpha value is -3.59. The molecular weight excluding hydrogens is 344 g/mol. The van der Waals surface area contributed by atoms with Crippen LogP contribution >= 0.6 is 0 Å². The van der Waals surface area contributed by atoms with Crippen molar-refractivity contribution in [3.8, 4) is 0 Å². The van der Waals surface area contributed by atoms with Gasteiger partial charge in [0, 0.05) is 33.7 Å². The van der Waals surface area contributed by atoms with Crippen LogP contribution in [-0.4, -0.2) is 4.40 Å². The molecule has 28 heavy (non-hydrogen) atoms. The molecular formula is C25H17N2O+. The Morgan fingerprint density at radius 2 is 1.71 bits per heavy atom. The van der Waals surface area contributed by atoms with Crippen molar-refractivity contribution in [2.45, 2.75) is 6.92 Å². The lowest BCUT2D eigenvalue weighted by molar-refractivity contribution is -0.643. The second-order valence-corrected chi connectivity index (χ2v) is 7.80. The Kier molecular flexibility index (Phi) is 2.39. The van der Waals surface area contributed by atoms with Gasteiger partial charge < -0.3 is 8.82 Å². The van der Waals surface area contributed by atoms with Crippen LogP contribution in [0.4, 0.5) is 0 Å². The summed E-state index contributed by atoms with van der Waals surface area (Å²) >= 11 is 0. The number of aromatic nitrogens is 2. The zero-order valence-electron chi connectivity index (χ0n) is 15.7. The highest BCUT2D eigenvalue weighted by atomic mass is 16.3. The molecule has 0 aliphatic carbocycles. The lowest BCUT2D eigenvalue weighted by atomic mass is 9.98. The van der Waals surface area contributed by atoms with E-state index in [4.69, 9.17) is 4.42 Å². The van der Waals surface area contributed by atoms with Crippen LogP contribution in [-0.2, 0) is 7.05 Å². The molecule has 0 fully saturated rings. The molecule has 0 N–H and O–H groups in total. The summed E-state index contributed by atoms with van der Waals surface area (Å²) in [7, 11) is 2.15. The van der Waals surface area contributed by atoms with E-state index in [2.05, 4.69) is 83.7 Å². The van der Waals surface area contributed by atoms with Gasteiger partial charge >= 0.3 is 0 Å². The highest BCUT2D eigenvalue weighted by Gasteiger charge is 2.24. The molecule has 0 aliphatic rings. The first-order chi connectivity index (χ1) is 13.7. The third kappa shape index (κ3) is 1.48. The summed E-state index contributed by atoms with van der Waals surface area (Å²) in [6.45, 7) is 2.22. The summed E-state index contributed by atoms with van der Waals surface area (Å²) in [6.07, 6.45) is 3.96. The Morgan fingerprint density at radius 3 is 2.64 bits per heavy atom. The molecule has 0 unspecified atom stereocenters. The average molecular weight is 361 g/mol. The summed E-state index contributed by atoms with van der Waals surface area (Å²) in [5.41, 5.74) is 7.26. The predicted octanol–water partition coefficient (Wildman–Crippen LogP) is 5.87. The SMILES string of the molecule is Cc1ccc2c3ccccc3n3c4cc5occc5c5cc[n+](C)c(c1c23)c54. The van der Waals surface area contributed by atoms with Crippen LogP contribution in [0.15, 0.2) is 71.5 Å². The maximum Gasteiger partial charge on any atom is 0.224 e. The number of furan rings is 1. The molecule has 4 heterocycles. The molecule has 0 aliphatic heterocycles. The van der Waals surface area contributed by atoms with Crippen molar-refractivity contribution in [2.24, 2.45) is 7.05 Å². The maximum absolute atomic E-state index is 5.84. The molecule has 132 valence electrons. The van der Waals surface area contributed by atoms with E-state index < -0.39 is 0 Å². The molecule has 7 rings (SSSR count). The van der Waals surface area contributed by atoms with Gasteiger partial charge in [-0.2, -0.15) is 0 Å². The molecule has 0 saturated carbocycles. The summed E-state index contributed by atoms with van der Waals surface area (Å²) in [5.74, 6) is 0. The van der Waals surface area contributed by atoms with Gasteiger partial charge in [0.05, 0.1) is 33.6 Å². The zero-order chi connectivity index (χ0) is 18.6. The second-order valence-electron chi connectivity index (χ2n) is 7.80. The zero-order valence-corrected chi connectivity index (χ0v) is 15.7. The Bertz CT molecular complexity index is 1720. The molecule has 3 heteroatoms. The highest BCUT2D eigenvalue weighted by molar-refractivity contribution is 6.28. The Balaban J connectivity index is 2.02. The first-order valence-electron chi connectivity index (χ1n) is 9.60. The number of nitrogens with zero attached hydrogens (tertiary/aromatic N) is 2. The van der Waals surface area contributed by atoms with Crippen molar-refractivity contribution in [2.75, 3.05) is 0 Å². The van der Waals surface area contributed by atoms with E-state index in [1.165, 1.54) is 59.9 Å². The van der Waals surface area contributed by atoms with E-state index in [1.54, 1.807) is 6.26 Å². The lowest BCUT2D eigenvalue weighted by Crippen LogP contribution is -2.28. The van der Waals surface area contributed by atoms with E-state index in [9.17, 15) is 0 Å². The number of hydrogen-bond acceptors (Lipinski definition) is 1. The number of hydrogen-bond donors (Lipinski definition) is 0. The van der Waals surface area contributed by atoms with E-state index in [0.717, 1.165) is 5.58 Å². The largest absolute Gasteiger partial charge is 0.464 e. The fraction of sp³-hybridized carbons (Fsp3) is 0.0800. The fourth-order valence-corrected chi connectivity index (χ4v) is 5.17. The van der Waals surface area contributed by atoms with E-state index >= 15 is 0 Å². The van der Waals surface area contributed by atoms with Crippen LogP contribution in [0.5, 0.6) is 0 Å². The van der Waals surface area contributed by atoms with Crippen molar-refractivity contribution in [3.63, 3.8) is 0 Å². The number of aryl methyl sites for hydroxylation is 2. The minimum Gasteiger partial charge on any atom is -0.464 e. The quantitative estimate of drug-likeness (QED) is 0.188. The summed E-state index contributed by atoms with van der Waals surface area (Å²) in [5, 5.41) is 7.64. The third-order valence-corrected chi connectivity index (χ3v) is 6.36. The second kappa shape index (κ2) is 4.63. The predicted molar refractivity (Wildman–Crippen MR) is 114 cm³/mol. The number of pyridine rings is 2. The van der Waals surface area contributed by atoms with Gasteiger partial charge in [-0.05, 0) is 24.6 Å². The van der Waals surface area contributed by atoms with E-state index in [0.29, 0.717) is 0 Å². The number of fused-ring (bicyclic) bond motifs is 7. The number of rotatable bonds is 0. The Labute approximate surface area is 160 Å². The first kappa shape index (κ1) is 14.5. The smallest absolute Gasteiger partial charge is 0.224 e. The van der Waals surface area contributed by atoms with Gasteiger partial charge in [0.1, 0.15) is 12.6 Å². The van der Waals surface area contributed by atoms with Gasteiger partial charge in [-0.15, -0.1) is 0 Å². The first-order valence-corrected chi connectivity index (χ1v) is 9.60. The fourth-order valence-electron chi connectivity index (χ4n) is 5.17. The van der Waals surface area contributed by atoms with Gasteiger partial charge in [-0.25, -0.2) is 4.57 Å². The minimum absolute atomic E-state index is 0.935. The molecule has 3 nitrogen and oxygen atoms in total. The standard InChI is InChI=1S/C25H17N2O/c1-14-7-8-18-15-5-3-4-6-19(15)27-20-13-21-16(10-12-28-21)17-9-11-26(2)25(23(17)20)22(14)24(18)27/h3-13H,1-2H3/q+1. The van der Waals surface area contributed by atoms with Crippen LogP contribution in [0.3, 0.4) is 0 Å². The molecule has 0 radical (unpaired) electrons. The molecule has 3 aromatic carbocycles. The topological polar surface area (TPSA) is 21.4 Å². The highest BCUT2D eigenvalue weighted by Crippen LogP contribution is 2.42. The summed E-state index contributed by atoms with van der Waals surface area (Å²) in [4.78, 5) is 0. The van der Waals surface area contributed by atoms with Gasteiger partial charge in [0.2, 0.25) is 5.52 Å². The number of para-hydroxylation sites is 1. The van der Waals surface area contributed by atoms with Crippen molar-refractivity contribution in [1.29, 1.82) is 0 Å². The van der Waals surface area contributed by atoms with Gasteiger partial charge in [0.15, 0.2) is 6.20 Å². The van der Waals surface area contributed by atoms with Crippen molar-refractivity contribution in [1.82, 2.24) is 4.40 Å². The average Bonchev–Trinajstić information content (AvgIpc) is 3.31. The van der Waals surface area contributed by atoms with Crippen LogP contribution in [0.25, 0.3) is 60.0 Å². The molecule has 0 amide bonds. The molecule has 7 aromatic rings. The van der Waals surface area contributed by atoms with Crippen LogP contribution in [0.2, 0.25) is 0 Å². The van der Waals surface area contributed by atoms with Crippen molar-refractivity contribution < 1.29 is 8.98 Å². The summed E-state index contributed by atoms with van der Waals surface area (Å²) in [6, 6.07) is 19.7. The van der Waals surface area contributed by atoms with Gasteiger partial charge in [0.25, 0.3) is 0 Å². The van der Waals surface area contributed by atoms with E-state index in [1.807, 2.05) is 0 Å². The molecule has 0 spiro atoms. The van der Waals surface area contributed by atoms with Crippen molar-refractivity contribution >= 4 is 60.0 Å².